The highest BCUT2D eigenvalue weighted by Crippen LogP contribution is 2.23. The second-order valence-electron chi connectivity index (χ2n) is 6.14. The van der Waals surface area contributed by atoms with E-state index in [2.05, 4.69) is 54.8 Å². The minimum Gasteiger partial charge on any atom is -0.317 e. The molecule has 0 aliphatic carbocycles. The molecule has 0 radical (unpaired) electrons. The van der Waals surface area contributed by atoms with Gasteiger partial charge in [-0.25, -0.2) is 0 Å². The van der Waals surface area contributed by atoms with Crippen LogP contribution < -0.4 is 10.6 Å². The van der Waals surface area contributed by atoms with E-state index in [-0.39, 0.29) is 0 Å². The zero-order chi connectivity index (χ0) is 13.5. The molecular formula is C17H28N2. The molecule has 2 unspecified atom stereocenters. The number of benzene rings is 1. The summed E-state index contributed by atoms with van der Waals surface area (Å²) in [5, 5.41) is 7.39. The molecular weight excluding hydrogens is 232 g/mol. The fourth-order valence-electron chi connectivity index (χ4n) is 2.93. The van der Waals surface area contributed by atoms with Crippen LogP contribution in [0, 0.1) is 5.92 Å². The van der Waals surface area contributed by atoms with E-state index in [9.17, 15) is 0 Å². The molecule has 0 aromatic heterocycles. The van der Waals surface area contributed by atoms with Gasteiger partial charge in [0.05, 0.1) is 0 Å². The largest absolute Gasteiger partial charge is 0.317 e. The zero-order valence-electron chi connectivity index (χ0n) is 12.4. The average Bonchev–Trinajstić information content (AvgIpc) is 2.67. The minimum absolute atomic E-state index is 0.504. The number of hydrogen-bond acceptors (Lipinski definition) is 2. The predicted molar refractivity (Wildman–Crippen MR) is 82.3 cm³/mol. The highest BCUT2D eigenvalue weighted by atomic mass is 15.0. The van der Waals surface area contributed by atoms with E-state index in [0.717, 1.165) is 12.5 Å². The van der Waals surface area contributed by atoms with Crippen LogP contribution in [0.1, 0.15) is 51.1 Å². The first-order valence-electron chi connectivity index (χ1n) is 7.77. The Morgan fingerprint density at radius 3 is 2.68 bits per heavy atom. The summed E-state index contributed by atoms with van der Waals surface area (Å²) in [4.78, 5) is 0. The van der Waals surface area contributed by atoms with Gasteiger partial charge in [0.2, 0.25) is 0 Å². The standard InChI is InChI=1S/C17H28N2/c1-14(2)13-17(15-7-4-3-5-8-15)19-16-9-6-11-18-12-10-16/h3-5,7-8,14,16-19H,6,9-13H2,1-2H3. The molecule has 2 heteroatoms. The van der Waals surface area contributed by atoms with Gasteiger partial charge in [0.1, 0.15) is 0 Å². The second kappa shape index (κ2) is 7.66. The molecule has 1 fully saturated rings. The fourth-order valence-corrected chi connectivity index (χ4v) is 2.93. The summed E-state index contributed by atoms with van der Waals surface area (Å²) in [6.07, 6.45) is 5.06. The Morgan fingerprint density at radius 1 is 1.16 bits per heavy atom. The Balaban J connectivity index is 2.00. The Labute approximate surface area is 118 Å². The normalized spacial score (nSPS) is 22.2. The molecule has 2 nitrogen and oxygen atoms in total. The third-order valence-electron chi connectivity index (χ3n) is 3.92. The van der Waals surface area contributed by atoms with Gasteiger partial charge in [0.15, 0.2) is 0 Å². The van der Waals surface area contributed by atoms with Crippen molar-refractivity contribution in [3.63, 3.8) is 0 Å². The monoisotopic (exact) mass is 260 g/mol. The minimum atomic E-state index is 0.504. The van der Waals surface area contributed by atoms with Gasteiger partial charge < -0.3 is 10.6 Å². The molecule has 1 aliphatic heterocycles. The molecule has 2 N–H and O–H groups in total. The molecule has 106 valence electrons. The van der Waals surface area contributed by atoms with Crippen LogP contribution in [0.25, 0.3) is 0 Å². The Hall–Kier alpha value is -0.860. The van der Waals surface area contributed by atoms with Gasteiger partial charge in [-0.1, -0.05) is 44.2 Å². The molecule has 0 bridgehead atoms. The van der Waals surface area contributed by atoms with Gasteiger partial charge in [0.25, 0.3) is 0 Å². The van der Waals surface area contributed by atoms with Crippen LogP contribution in [-0.2, 0) is 0 Å². The molecule has 0 saturated carbocycles. The quantitative estimate of drug-likeness (QED) is 0.846. The highest BCUT2D eigenvalue weighted by molar-refractivity contribution is 5.19. The van der Waals surface area contributed by atoms with Crippen LogP contribution in [0.4, 0.5) is 0 Å². The van der Waals surface area contributed by atoms with Gasteiger partial charge in [-0.05, 0) is 50.3 Å². The molecule has 2 rings (SSSR count). The summed E-state index contributed by atoms with van der Waals surface area (Å²) in [7, 11) is 0. The molecule has 0 spiro atoms. The first-order valence-corrected chi connectivity index (χ1v) is 7.77. The Morgan fingerprint density at radius 2 is 1.95 bits per heavy atom. The van der Waals surface area contributed by atoms with Crippen molar-refractivity contribution in [1.29, 1.82) is 0 Å². The topological polar surface area (TPSA) is 24.1 Å². The van der Waals surface area contributed by atoms with Crippen molar-refractivity contribution < 1.29 is 0 Å². The van der Waals surface area contributed by atoms with Crippen molar-refractivity contribution >= 4 is 0 Å². The van der Waals surface area contributed by atoms with Gasteiger partial charge in [-0.3, -0.25) is 0 Å². The molecule has 0 amide bonds. The fraction of sp³-hybridized carbons (Fsp3) is 0.647. The molecule has 1 heterocycles. The third-order valence-corrected chi connectivity index (χ3v) is 3.92. The molecule has 1 aromatic carbocycles. The van der Waals surface area contributed by atoms with Crippen LogP contribution in [0.5, 0.6) is 0 Å². The maximum Gasteiger partial charge on any atom is 0.0325 e. The molecule has 2 atom stereocenters. The van der Waals surface area contributed by atoms with E-state index in [0.29, 0.717) is 12.1 Å². The third kappa shape index (κ3) is 4.96. The summed E-state index contributed by atoms with van der Waals surface area (Å²) < 4.78 is 0. The van der Waals surface area contributed by atoms with Crippen LogP contribution in [-0.4, -0.2) is 19.1 Å². The SMILES string of the molecule is CC(C)CC(NC1CCCNCC1)c1ccccc1. The predicted octanol–water partition coefficient (Wildman–Crippen LogP) is 3.51. The van der Waals surface area contributed by atoms with Crippen molar-refractivity contribution in [3.05, 3.63) is 35.9 Å². The van der Waals surface area contributed by atoms with Crippen molar-refractivity contribution in [2.45, 2.75) is 51.6 Å². The van der Waals surface area contributed by atoms with Crippen LogP contribution in [0.2, 0.25) is 0 Å². The smallest absolute Gasteiger partial charge is 0.0325 e. The molecule has 1 aromatic rings. The molecule has 19 heavy (non-hydrogen) atoms. The van der Waals surface area contributed by atoms with Crippen LogP contribution in [0.3, 0.4) is 0 Å². The maximum atomic E-state index is 3.90. The summed E-state index contributed by atoms with van der Waals surface area (Å²) in [6, 6.07) is 12.1. The van der Waals surface area contributed by atoms with E-state index < -0.39 is 0 Å². The summed E-state index contributed by atoms with van der Waals surface area (Å²) in [5.41, 5.74) is 1.44. The lowest BCUT2D eigenvalue weighted by Crippen LogP contribution is -2.34. The van der Waals surface area contributed by atoms with Gasteiger partial charge in [-0.2, -0.15) is 0 Å². The first kappa shape index (κ1) is 14.5. The number of hydrogen-bond donors (Lipinski definition) is 2. The van der Waals surface area contributed by atoms with Crippen molar-refractivity contribution in [3.8, 4) is 0 Å². The van der Waals surface area contributed by atoms with Crippen molar-refractivity contribution in [2.24, 2.45) is 5.92 Å². The van der Waals surface area contributed by atoms with Crippen molar-refractivity contribution in [1.82, 2.24) is 10.6 Å². The van der Waals surface area contributed by atoms with E-state index in [1.54, 1.807) is 0 Å². The molecule has 1 aliphatic rings. The van der Waals surface area contributed by atoms with Gasteiger partial charge >= 0.3 is 0 Å². The number of nitrogens with one attached hydrogen (secondary N) is 2. The highest BCUT2D eigenvalue weighted by Gasteiger charge is 2.19. The maximum absolute atomic E-state index is 3.90. The van der Waals surface area contributed by atoms with E-state index in [4.69, 9.17) is 0 Å². The summed E-state index contributed by atoms with van der Waals surface area (Å²) in [5.74, 6) is 0.724. The van der Waals surface area contributed by atoms with Gasteiger partial charge in [-0.15, -0.1) is 0 Å². The summed E-state index contributed by atoms with van der Waals surface area (Å²) in [6.45, 7) is 6.96. The van der Waals surface area contributed by atoms with E-state index >= 15 is 0 Å². The van der Waals surface area contributed by atoms with Gasteiger partial charge in [0, 0.05) is 12.1 Å². The Kier molecular flexibility index (Phi) is 5.87. The lowest BCUT2D eigenvalue weighted by molar-refractivity contribution is 0.359. The summed E-state index contributed by atoms with van der Waals surface area (Å²) >= 11 is 0. The zero-order valence-corrected chi connectivity index (χ0v) is 12.4. The molecule has 1 saturated heterocycles. The van der Waals surface area contributed by atoms with Crippen molar-refractivity contribution in [2.75, 3.05) is 13.1 Å². The second-order valence-corrected chi connectivity index (χ2v) is 6.14. The number of rotatable bonds is 5. The Bertz CT molecular complexity index is 340. The first-order chi connectivity index (χ1) is 9.25. The van der Waals surface area contributed by atoms with Crippen LogP contribution >= 0.6 is 0 Å². The van der Waals surface area contributed by atoms with Crippen LogP contribution in [0.15, 0.2) is 30.3 Å². The van der Waals surface area contributed by atoms with E-state index in [1.807, 2.05) is 0 Å². The van der Waals surface area contributed by atoms with E-state index in [1.165, 1.54) is 37.8 Å². The average molecular weight is 260 g/mol. The lowest BCUT2D eigenvalue weighted by Gasteiger charge is -2.26. The lowest BCUT2D eigenvalue weighted by atomic mass is 9.95.